The Bertz CT molecular complexity index is 415. The minimum atomic E-state index is -2.78. The molecular formula is C16H26F2N2O. The standard InChI is InChI=1S/C16H26F2N2O/c1-5-12(2)20(4)10-9-19-13(3)14-7-6-8-15(11-14)21-16(17)18/h6-8,11-13,16,19H,5,9-10H2,1-4H3. The lowest BCUT2D eigenvalue weighted by Crippen LogP contribution is -2.35. The zero-order chi connectivity index (χ0) is 15.8. The van der Waals surface area contributed by atoms with Crippen molar-refractivity contribution in [3.05, 3.63) is 29.8 Å². The molecule has 1 rings (SSSR count). The molecule has 120 valence electrons. The summed E-state index contributed by atoms with van der Waals surface area (Å²) in [5, 5.41) is 3.40. The first-order chi connectivity index (χ1) is 9.93. The molecule has 3 nitrogen and oxygen atoms in total. The van der Waals surface area contributed by atoms with Crippen LogP contribution in [0.15, 0.2) is 24.3 Å². The van der Waals surface area contributed by atoms with Crippen molar-refractivity contribution in [3.8, 4) is 5.75 Å². The highest BCUT2D eigenvalue weighted by Crippen LogP contribution is 2.20. The number of ether oxygens (including phenoxy) is 1. The van der Waals surface area contributed by atoms with Crippen LogP contribution < -0.4 is 10.1 Å². The highest BCUT2D eigenvalue weighted by Gasteiger charge is 2.10. The van der Waals surface area contributed by atoms with E-state index in [9.17, 15) is 8.78 Å². The molecule has 0 saturated heterocycles. The van der Waals surface area contributed by atoms with Crippen molar-refractivity contribution >= 4 is 0 Å². The van der Waals surface area contributed by atoms with Gasteiger partial charge < -0.3 is 15.0 Å². The SMILES string of the molecule is CCC(C)N(C)CCNC(C)c1cccc(OC(F)F)c1. The molecule has 1 N–H and O–H groups in total. The summed E-state index contributed by atoms with van der Waals surface area (Å²) in [6, 6.07) is 7.49. The first-order valence-corrected chi connectivity index (χ1v) is 7.42. The van der Waals surface area contributed by atoms with E-state index >= 15 is 0 Å². The first kappa shape index (κ1) is 17.9. The number of nitrogens with one attached hydrogen (secondary N) is 1. The average Bonchev–Trinajstić information content (AvgIpc) is 2.45. The molecule has 0 aromatic heterocycles. The van der Waals surface area contributed by atoms with Crippen LogP contribution in [0.3, 0.4) is 0 Å². The molecule has 0 saturated carbocycles. The van der Waals surface area contributed by atoms with Gasteiger partial charge in [-0.2, -0.15) is 8.78 Å². The molecule has 0 spiro atoms. The molecular weight excluding hydrogens is 274 g/mol. The number of hydrogen-bond donors (Lipinski definition) is 1. The van der Waals surface area contributed by atoms with Crippen LogP contribution in [-0.4, -0.2) is 37.7 Å². The summed E-state index contributed by atoms with van der Waals surface area (Å²) in [6.07, 6.45) is 1.12. The minimum absolute atomic E-state index is 0.0940. The lowest BCUT2D eigenvalue weighted by molar-refractivity contribution is -0.0499. The smallest absolute Gasteiger partial charge is 0.387 e. The fourth-order valence-corrected chi connectivity index (χ4v) is 2.07. The summed E-state index contributed by atoms with van der Waals surface area (Å²) in [5.74, 6) is 0.202. The molecule has 0 amide bonds. The molecule has 0 radical (unpaired) electrons. The average molecular weight is 300 g/mol. The highest BCUT2D eigenvalue weighted by atomic mass is 19.3. The molecule has 2 atom stereocenters. The molecule has 0 aliphatic heterocycles. The number of likely N-dealkylation sites (N-methyl/N-ethyl adjacent to an activating group) is 1. The van der Waals surface area contributed by atoms with E-state index in [4.69, 9.17) is 0 Å². The Morgan fingerprint density at radius 1 is 1.29 bits per heavy atom. The number of benzene rings is 1. The van der Waals surface area contributed by atoms with Crippen molar-refractivity contribution in [2.24, 2.45) is 0 Å². The quantitative estimate of drug-likeness (QED) is 0.753. The van der Waals surface area contributed by atoms with Crippen molar-refractivity contribution in [1.82, 2.24) is 10.2 Å². The molecule has 0 aliphatic carbocycles. The summed E-state index contributed by atoms with van der Waals surface area (Å²) in [5.41, 5.74) is 0.944. The van der Waals surface area contributed by atoms with Crippen LogP contribution in [0.2, 0.25) is 0 Å². The lowest BCUT2D eigenvalue weighted by Gasteiger charge is -2.24. The van der Waals surface area contributed by atoms with Gasteiger partial charge in [-0.25, -0.2) is 0 Å². The zero-order valence-electron chi connectivity index (χ0n) is 13.3. The summed E-state index contributed by atoms with van der Waals surface area (Å²) < 4.78 is 28.8. The highest BCUT2D eigenvalue weighted by molar-refractivity contribution is 5.30. The van der Waals surface area contributed by atoms with Gasteiger partial charge in [-0.15, -0.1) is 0 Å². The summed E-state index contributed by atoms with van der Waals surface area (Å²) in [6.45, 7) is 5.41. The van der Waals surface area contributed by atoms with E-state index in [0.29, 0.717) is 6.04 Å². The van der Waals surface area contributed by atoms with Gasteiger partial charge in [0.2, 0.25) is 0 Å². The third-order valence-electron chi connectivity index (χ3n) is 3.84. The van der Waals surface area contributed by atoms with E-state index in [2.05, 4.69) is 35.8 Å². The van der Waals surface area contributed by atoms with Crippen LogP contribution in [0, 0.1) is 0 Å². The molecule has 5 heteroatoms. The van der Waals surface area contributed by atoms with Gasteiger partial charge in [-0.3, -0.25) is 0 Å². The Balaban J connectivity index is 2.46. The van der Waals surface area contributed by atoms with Crippen LogP contribution >= 0.6 is 0 Å². The maximum absolute atomic E-state index is 12.2. The normalized spacial score (nSPS) is 14.5. The topological polar surface area (TPSA) is 24.5 Å². The molecule has 0 fully saturated rings. The van der Waals surface area contributed by atoms with Crippen LogP contribution in [0.1, 0.15) is 38.8 Å². The van der Waals surface area contributed by atoms with Gasteiger partial charge in [0.15, 0.2) is 0 Å². The number of halogens is 2. The maximum atomic E-state index is 12.2. The molecule has 1 aromatic rings. The Hall–Kier alpha value is -1.20. The zero-order valence-corrected chi connectivity index (χ0v) is 13.3. The van der Waals surface area contributed by atoms with E-state index < -0.39 is 6.61 Å². The second kappa shape index (κ2) is 8.95. The second-order valence-corrected chi connectivity index (χ2v) is 5.36. The summed E-state index contributed by atoms with van der Waals surface area (Å²) in [7, 11) is 2.11. The predicted molar refractivity (Wildman–Crippen MR) is 81.9 cm³/mol. The number of nitrogens with zero attached hydrogens (tertiary/aromatic N) is 1. The third-order valence-corrected chi connectivity index (χ3v) is 3.84. The van der Waals surface area contributed by atoms with Gasteiger partial charge in [0.05, 0.1) is 0 Å². The number of rotatable bonds is 9. The third kappa shape index (κ3) is 6.40. The molecule has 1 aromatic carbocycles. The predicted octanol–water partition coefficient (Wildman–Crippen LogP) is 3.67. The van der Waals surface area contributed by atoms with Gasteiger partial charge in [-0.1, -0.05) is 19.1 Å². The van der Waals surface area contributed by atoms with Crippen molar-refractivity contribution in [2.45, 2.75) is 45.9 Å². The minimum Gasteiger partial charge on any atom is -0.435 e. The Kier molecular flexibility index (Phi) is 7.61. The van der Waals surface area contributed by atoms with Gasteiger partial charge in [-0.05, 0) is 45.0 Å². The molecule has 0 bridgehead atoms. The largest absolute Gasteiger partial charge is 0.435 e. The van der Waals surface area contributed by atoms with Crippen LogP contribution in [0.4, 0.5) is 8.78 Å². The fraction of sp³-hybridized carbons (Fsp3) is 0.625. The van der Waals surface area contributed by atoms with Gasteiger partial charge in [0.1, 0.15) is 5.75 Å². The summed E-state index contributed by atoms with van der Waals surface area (Å²) in [4.78, 5) is 2.30. The van der Waals surface area contributed by atoms with Gasteiger partial charge in [0.25, 0.3) is 0 Å². The maximum Gasteiger partial charge on any atom is 0.387 e. The van der Waals surface area contributed by atoms with Crippen molar-refractivity contribution in [3.63, 3.8) is 0 Å². The van der Waals surface area contributed by atoms with Crippen LogP contribution in [-0.2, 0) is 0 Å². The number of hydrogen-bond acceptors (Lipinski definition) is 3. The van der Waals surface area contributed by atoms with Crippen LogP contribution in [0.25, 0.3) is 0 Å². The van der Waals surface area contributed by atoms with Gasteiger partial charge in [0, 0.05) is 25.2 Å². The van der Waals surface area contributed by atoms with Crippen molar-refractivity contribution in [2.75, 3.05) is 20.1 Å². The Morgan fingerprint density at radius 3 is 2.62 bits per heavy atom. The monoisotopic (exact) mass is 300 g/mol. The second-order valence-electron chi connectivity index (χ2n) is 5.36. The number of alkyl halides is 2. The van der Waals surface area contributed by atoms with E-state index in [1.807, 2.05) is 13.0 Å². The Labute approximate surface area is 126 Å². The molecule has 21 heavy (non-hydrogen) atoms. The molecule has 0 aliphatic rings. The van der Waals surface area contributed by atoms with Crippen LogP contribution in [0.5, 0.6) is 5.75 Å². The summed E-state index contributed by atoms with van der Waals surface area (Å²) >= 11 is 0. The molecule has 0 heterocycles. The first-order valence-electron chi connectivity index (χ1n) is 7.42. The lowest BCUT2D eigenvalue weighted by atomic mass is 10.1. The fourth-order valence-electron chi connectivity index (χ4n) is 2.07. The van der Waals surface area contributed by atoms with Crippen molar-refractivity contribution < 1.29 is 13.5 Å². The molecule has 2 unspecified atom stereocenters. The van der Waals surface area contributed by atoms with Crippen molar-refractivity contribution in [1.29, 1.82) is 0 Å². The van der Waals surface area contributed by atoms with E-state index in [1.54, 1.807) is 18.2 Å². The van der Waals surface area contributed by atoms with E-state index in [1.165, 1.54) is 0 Å². The van der Waals surface area contributed by atoms with E-state index in [0.717, 1.165) is 25.1 Å². The Morgan fingerprint density at radius 2 is 2.00 bits per heavy atom. The van der Waals surface area contributed by atoms with Gasteiger partial charge >= 0.3 is 6.61 Å². The van der Waals surface area contributed by atoms with E-state index in [-0.39, 0.29) is 11.8 Å².